The Morgan fingerprint density at radius 2 is 2.00 bits per heavy atom. The van der Waals surface area contributed by atoms with Gasteiger partial charge in [0.05, 0.1) is 5.69 Å². The summed E-state index contributed by atoms with van der Waals surface area (Å²) in [6.45, 7) is 5.29. The predicted octanol–water partition coefficient (Wildman–Crippen LogP) is 2.51. The summed E-state index contributed by atoms with van der Waals surface area (Å²) < 4.78 is 0. The van der Waals surface area contributed by atoms with E-state index >= 15 is 0 Å². The van der Waals surface area contributed by atoms with Gasteiger partial charge in [0.1, 0.15) is 17.4 Å². The molecule has 1 atom stereocenters. The zero-order valence-corrected chi connectivity index (χ0v) is 15.6. The van der Waals surface area contributed by atoms with Gasteiger partial charge in [0.2, 0.25) is 0 Å². The van der Waals surface area contributed by atoms with E-state index < -0.39 is 0 Å². The summed E-state index contributed by atoms with van der Waals surface area (Å²) in [5.74, 6) is 1.67. The van der Waals surface area contributed by atoms with Gasteiger partial charge < -0.3 is 14.9 Å². The number of hydrogen-bond donors (Lipinski definition) is 1. The van der Waals surface area contributed by atoms with Crippen LogP contribution >= 0.6 is 0 Å². The van der Waals surface area contributed by atoms with Gasteiger partial charge in [-0.3, -0.25) is 4.79 Å². The lowest BCUT2D eigenvalue weighted by Gasteiger charge is -2.32. The first kappa shape index (κ1) is 17.7. The summed E-state index contributed by atoms with van der Waals surface area (Å²) in [6, 6.07) is 5.21. The van der Waals surface area contributed by atoms with Gasteiger partial charge in [0.15, 0.2) is 5.69 Å². The molecule has 0 unspecified atom stereocenters. The minimum atomic E-state index is -0.219. The van der Waals surface area contributed by atoms with Crippen molar-refractivity contribution in [3.05, 3.63) is 41.6 Å². The molecule has 0 saturated carbocycles. The Hall–Kier alpha value is -2.70. The molecule has 4 rings (SSSR count). The van der Waals surface area contributed by atoms with Crippen molar-refractivity contribution in [2.75, 3.05) is 31.1 Å². The van der Waals surface area contributed by atoms with Crippen molar-refractivity contribution in [1.29, 1.82) is 0 Å². The molecule has 7 heteroatoms. The van der Waals surface area contributed by atoms with Gasteiger partial charge in [0.25, 0.3) is 5.91 Å². The summed E-state index contributed by atoms with van der Waals surface area (Å²) in [5, 5.41) is 9.95. The number of aromatic hydroxyl groups is 1. The molecule has 0 radical (unpaired) electrons. The Kier molecular flexibility index (Phi) is 4.92. The minimum Gasteiger partial charge on any atom is -0.505 e. The zero-order chi connectivity index (χ0) is 18.8. The summed E-state index contributed by atoms with van der Waals surface area (Å²) in [5.41, 5.74) is 1.13. The van der Waals surface area contributed by atoms with E-state index in [9.17, 15) is 9.90 Å². The smallest absolute Gasteiger partial charge is 0.276 e. The summed E-state index contributed by atoms with van der Waals surface area (Å²) in [6.07, 6.45) is 5.85. The molecule has 7 nitrogen and oxygen atoms in total. The van der Waals surface area contributed by atoms with E-state index in [-0.39, 0.29) is 23.3 Å². The SMILES string of the molecule is Cc1nc([C@H]2CCCN(C(=O)c3ncccc3O)C2)cc(N2CCCC2)n1. The molecule has 27 heavy (non-hydrogen) atoms. The van der Waals surface area contributed by atoms with Crippen LogP contribution in [0.25, 0.3) is 0 Å². The van der Waals surface area contributed by atoms with Gasteiger partial charge in [-0.25, -0.2) is 15.0 Å². The second-order valence-electron chi connectivity index (χ2n) is 7.35. The number of carbonyl (C=O) groups is 1. The second-order valence-corrected chi connectivity index (χ2v) is 7.35. The number of amides is 1. The lowest BCUT2D eigenvalue weighted by atomic mass is 9.94. The van der Waals surface area contributed by atoms with E-state index in [2.05, 4.69) is 25.9 Å². The van der Waals surface area contributed by atoms with E-state index in [0.717, 1.165) is 43.3 Å². The molecule has 2 aliphatic rings. The highest BCUT2D eigenvalue weighted by molar-refractivity contribution is 5.94. The maximum Gasteiger partial charge on any atom is 0.276 e. The number of hydrogen-bond acceptors (Lipinski definition) is 6. The number of piperidine rings is 1. The van der Waals surface area contributed by atoms with Crippen molar-refractivity contribution in [3.8, 4) is 5.75 Å². The number of nitrogens with zero attached hydrogens (tertiary/aromatic N) is 5. The van der Waals surface area contributed by atoms with Gasteiger partial charge in [-0.05, 0) is 44.7 Å². The fraction of sp³-hybridized carbons (Fsp3) is 0.500. The van der Waals surface area contributed by atoms with Gasteiger partial charge in [0, 0.05) is 44.4 Å². The second kappa shape index (κ2) is 7.50. The Balaban J connectivity index is 1.54. The first-order chi connectivity index (χ1) is 13.1. The third kappa shape index (κ3) is 3.72. The molecule has 2 aromatic rings. The number of carbonyl (C=O) groups excluding carboxylic acids is 1. The molecule has 2 saturated heterocycles. The molecular weight excluding hydrogens is 342 g/mol. The summed E-state index contributed by atoms with van der Waals surface area (Å²) >= 11 is 0. The number of anilines is 1. The highest BCUT2D eigenvalue weighted by atomic mass is 16.3. The van der Waals surface area contributed by atoms with Crippen LogP contribution in [-0.4, -0.2) is 57.0 Å². The van der Waals surface area contributed by atoms with Crippen molar-refractivity contribution in [2.24, 2.45) is 0 Å². The Labute approximate surface area is 159 Å². The first-order valence-electron chi connectivity index (χ1n) is 9.65. The van der Waals surface area contributed by atoms with Crippen LogP contribution in [0.2, 0.25) is 0 Å². The lowest BCUT2D eigenvalue weighted by Crippen LogP contribution is -2.39. The van der Waals surface area contributed by atoms with Crippen LogP contribution in [0.5, 0.6) is 5.75 Å². The van der Waals surface area contributed by atoms with Crippen LogP contribution in [0.3, 0.4) is 0 Å². The van der Waals surface area contributed by atoms with Crippen molar-refractivity contribution in [2.45, 2.75) is 38.5 Å². The lowest BCUT2D eigenvalue weighted by molar-refractivity contribution is 0.0696. The fourth-order valence-corrected chi connectivity index (χ4v) is 4.01. The van der Waals surface area contributed by atoms with Crippen LogP contribution < -0.4 is 4.90 Å². The minimum absolute atomic E-state index is 0.0705. The molecule has 0 bridgehead atoms. The largest absolute Gasteiger partial charge is 0.505 e. The normalized spacial score (nSPS) is 20.1. The van der Waals surface area contributed by atoms with Crippen molar-refractivity contribution >= 4 is 11.7 Å². The van der Waals surface area contributed by atoms with Crippen LogP contribution in [0.15, 0.2) is 24.4 Å². The summed E-state index contributed by atoms with van der Waals surface area (Å²) in [7, 11) is 0. The molecular formula is C20H25N5O2. The average molecular weight is 367 g/mol. The molecule has 0 aliphatic carbocycles. The first-order valence-corrected chi connectivity index (χ1v) is 9.65. The number of aryl methyl sites for hydroxylation is 1. The maximum absolute atomic E-state index is 12.8. The van der Waals surface area contributed by atoms with Crippen LogP contribution in [0.1, 0.15) is 53.6 Å². The Morgan fingerprint density at radius 3 is 2.78 bits per heavy atom. The summed E-state index contributed by atoms with van der Waals surface area (Å²) in [4.78, 5) is 30.2. The van der Waals surface area contributed by atoms with E-state index in [4.69, 9.17) is 0 Å². The molecule has 2 aliphatic heterocycles. The van der Waals surface area contributed by atoms with E-state index in [0.29, 0.717) is 13.1 Å². The predicted molar refractivity (Wildman–Crippen MR) is 102 cm³/mol. The van der Waals surface area contributed by atoms with Crippen LogP contribution in [-0.2, 0) is 0 Å². The molecule has 4 heterocycles. The molecule has 1 N–H and O–H groups in total. The standard InChI is InChI=1S/C20H25N5O2/c1-14-22-16(12-18(23-14)24-9-2-3-10-24)15-6-5-11-25(13-15)20(27)19-17(26)7-4-8-21-19/h4,7-8,12,15,26H,2-3,5-6,9-11,13H2,1H3/t15-/m0/s1. The quantitative estimate of drug-likeness (QED) is 0.898. The Bertz CT molecular complexity index is 835. The van der Waals surface area contributed by atoms with E-state index in [1.54, 1.807) is 11.0 Å². The van der Waals surface area contributed by atoms with Gasteiger partial charge >= 0.3 is 0 Å². The maximum atomic E-state index is 12.8. The highest BCUT2D eigenvalue weighted by Crippen LogP contribution is 2.30. The third-order valence-corrected chi connectivity index (χ3v) is 5.39. The van der Waals surface area contributed by atoms with Gasteiger partial charge in [-0.15, -0.1) is 0 Å². The molecule has 0 spiro atoms. The average Bonchev–Trinajstić information content (AvgIpc) is 3.22. The number of rotatable bonds is 3. The van der Waals surface area contributed by atoms with Crippen molar-refractivity contribution in [3.63, 3.8) is 0 Å². The monoisotopic (exact) mass is 367 g/mol. The molecule has 1 amide bonds. The topological polar surface area (TPSA) is 82.5 Å². The van der Waals surface area contributed by atoms with E-state index in [1.807, 2.05) is 6.92 Å². The third-order valence-electron chi connectivity index (χ3n) is 5.39. The molecule has 2 fully saturated rings. The fourth-order valence-electron chi connectivity index (χ4n) is 4.01. The number of pyridine rings is 1. The van der Waals surface area contributed by atoms with Crippen LogP contribution in [0.4, 0.5) is 5.82 Å². The Morgan fingerprint density at radius 1 is 1.19 bits per heavy atom. The van der Waals surface area contributed by atoms with Gasteiger partial charge in [-0.2, -0.15) is 0 Å². The molecule has 142 valence electrons. The highest BCUT2D eigenvalue weighted by Gasteiger charge is 2.29. The van der Waals surface area contributed by atoms with Crippen LogP contribution in [0, 0.1) is 6.92 Å². The molecule has 2 aromatic heterocycles. The van der Waals surface area contributed by atoms with Crippen molar-refractivity contribution < 1.29 is 9.90 Å². The number of likely N-dealkylation sites (tertiary alicyclic amines) is 1. The zero-order valence-electron chi connectivity index (χ0n) is 15.6. The number of aromatic nitrogens is 3. The van der Waals surface area contributed by atoms with E-state index in [1.165, 1.54) is 25.1 Å². The van der Waals surface area contributed by atoms with Crippen molar-refractivity contribution in [1.82, 2.24) is 19.9 Å². The van der Waals surface area contributed by atoms with Gasteiger partial charge in [-0.1, -0.05) is 0 Å². The molecule has 0 aromatic carbocycles.